The van der Waals surface area contributed by atoms with Gasteiger partial charge in [0.05, 0.1) is 22.1 Å². The van der Waals surface area contributed by atoms with E-state index in [2.05, 4.69) is 92.7 Å². The van der Waals surface area contributed by atoms with E-state index < -0.39 is 0 Å². The van der Waals surface area contributed by atoms with E-state index in [1.54, 1.807) is 0 Å². The predicted octanol–water partition coefficient (Wildman–Crippen LogP) is 7.87. The Bertz CT molecular complexity index is 1780. The Balaban J connectivity index is 0.000000133. The Labute approximate surface area is 223 Å². The summed E-state index contributed by atoms with van der Waals surface area (Å²) in [4.78, 5) is 18.1. The molecule has 0 spiro atoms. The van der Waals surface area contributed by atoms with Crippen LogP contribution in [0.3, 0.4) is 0 Å². The van der Waals surface area contributed by atoms with Crippen LogP contribution in [0.1, 0.15) is 0 Å². The van der Waals surface area contributed by atoms with Crippen LogP contribution in [0.4, 0.5) is 0 Å². The van der Waals surface area contributed by atoms with Crippen LogP contribution < -0.4 is 0 Å². The number of nitrogens with zero attached hydrogens (tertiary/aromatic N) is 4. The summed E-state index contributed by atoms with van der Waals surface area (Å²) in [6.07, 6.45) is 7.35. The molecule has 0 saturated carbocycles. The van der Waals surface area contributed by atoms with Gasteiger partial charge >= 0.3 is 0 Å². The molecule has 8 aromatic rings. The van der Waals surface area contributed by atoms with Crippen molar-refractivity contribution in [1.29, 1.82) is 0 Å². The molecule has 179 valence electrons. The van der Waals surface area contributed by atoms with E-state index in [-0.39, 0.29) is 17.1 Å². The van der Waals surface area contributed by atoms with E-state index in [9.17, 15) is 0 Å². The molecular formula is C32H20CuN4. The molecule has 8 rings (SSSR count). The van der Waals surface area contributed by atoms with E-state index in [1.807, 2.05) is 49.1 Å². The molecule has 0 amide bonds. The number of pyridine rings is 4. The van der Waals surface area contributed by atoms with Gasteiger partial charge in [-0.3, -0.25) is 19.9 Å². The van der Waals surface area contributed by atoms with E-state index in [1.165, 1.54) is 10.8 Å². The Morgan fingerprint density at radius 3 is 0.811 bits per heavy atom. The number of fused-ring (bicyclic) bond motifs is 10. The van der Waals surface area contributed by atoms with Crippen molar-refractivity contribution in [3.05, 3.63) is 122 Å². The molecule has 0 bridgehead atoms. The molecule has 37 heavy (non-hydrogen) atoms. The van der Waals surface area contributed by atoms with Crippen molar-refractivity contribution >= 4 is 65.2 Å². The summed E-state index contributed by atoms with van der Waals surface area (Å²) in [6.45, 7) is 0. The van der Waals surface area contributed by atoms with Crippen molar-refractivity contribution in [3.63, 3.8) is 0 Å². The number of hydrogen-bond donors (Lipinski definition) is 0. The summed E-state index contributed by atoms with van der Waals surface area (Å²) in [5.41, 5.74) is 4.11. The van der Waals surface area contributed by atoms with Crippen LogP contribution in [0.25, 0.3) is 65.2 Å². The second-order valence-corrected chi connectivity index (χ2v) is 8.76. The first-order valence-electron chi connectivity index (χ1n) is 11.9. The van der Waals surface area contributed by atoms with Crippen molar-refractivity contribution < 1.29 is 17.1 Å². The molecule has 4 aromatic carbocycles. The molecule has 0 fully saturated rings. The van der Waals surface area contributed by atoms with Crippen molar-refractivity contribution in [3.8, 4) is 0 Å². The van der Waals surface area contributed by atoms with Crippen molar-refractivity contribution in [2.45, 2.75) is 0 Å². The van der Waals surface area contributed by atoms with Gasteiger partial charge in [-0.05, 0) is 35.0 Å². The fourth-order valence-electron chi connectivity index (χ4n) is 4.98. The summed E-state index contributed by atoms with van der Waals surface area (Å²) in [7, 11) is 0. The van der Waals surface area contributed by atoms with Crippen molar-refractivity contribution in [1.82, 2.24) is 19.9 Å². The summed E-state index contributed by atoms with van der Waals surface area (Å²) >= 11 is 0. The van der Waals surface area contributed by atoms with Gasteiger partial charge < -0.3 is 0 Å². The maximum absolute atomic E-state index is 4.52. The Morgan fingerprint density at radius 1 is 0.297 bits per heavy atom. The molecule has 0 aliphatic carbocycles. The van der Waals surface area contributed by atoms with Gasteiger partial charge in [0.25, 0.3) is 0 Å². The van der Waals surface area contributed by atoms with Crippen LogP contribution in [0.5, 0.6) is 0 Å². The van der Waals surface area contributed by atoms with E-state index in [0.717, 1.165) is 54.4 Å². The fourth-order valence-corrected chi connectivity index (χ4v) is 4.98. The van der Waals surface area contributed by atoms with Crippen LogP contribution in [0.2, 0.25) is 0 Å². The van der Waals surface area contributed by atoms with Crippen molar-refractivity contribution in [2.75, 3.05) is 0 Å². The Hall–Kier alpha value is -4.44. The van der Waals surface area contributed by atoms with Crippen LogP contribution in [-0.2, 0) is 17.1 Å². The molecule has 0 unspecified atom stereocenters. The Kier molecular flexibility index (Phi) is 5.93. The third kappa shape index (κ3) is 3.95. The van der Waals surface area contributed by atoms with Gasteiger partial charge in [0.2, 0.25) is 0 Å². The second-order valence-electron chi connectivity index (χ2n) is 8.76. The van der Waals surface area contributed by atoms with E-state index in [0.29, 0.717) is 0 Å². The molecular weight excluding hydrogens is 504 g/mol. The standard InChI is InChI=1S/2C16H10N2.Cu/c2*1-3-12-7-5-11-6-8-13-4-2-10-18-16(13)14(11)15(12)17-9-1;/h2*1-10H;. The normalized spacial score (nSPS) is 11.0. The largest absolute Gasteiger partial charge is 0.256 e. The number of aromatic nitrogens is 4. The smallest absolute Gasteiger partial charge is 0.0802 e. The summed E-state index contributed by atoms with van der Waals surface area (Å²) in [5, 5.41) is 9.29. The molecule has 0 aliphatic rings. The summed E-state index contributed by atoms with van der Waals surface area (Å²) in [5.74, 6) is 0. The van der Waals surface area contributed by atoms with Gasteiger partial charge in [-0.1, -0.05) is 72.8 Å². The van der Waals surface area contributed by atoms with Crippen LogP contribution in [-0.4, -0.2) is 19.9 Å². The van der Waals surface area contributed by atoms with Gasteiger partial charge in [0.1, 0.15) is 0 Å². The van der Waals surface area contributed by atoms with Gasteiger partial charge in [-0.15, -0.1) is 0 Å². The van der Waals surface area contributed by atoms with Crippen molar-refractivity contribution in [2.24, 2.45) is 0 Å². The van der Waals surface area contributed by atoms with Gasteiger partial charge in [-0.25, -0.2) is 0 Å². The zero-order chi connectivity index (χ0) is 23.9. The fraction of sp³-hybridized carbons (Fsp3) is 0. The first kappa shape index (κ1) is 23.0. The molecule has 0 N–H and O–H groups in total. The molecule has 4 aromatic heterocycles. The SMILES string of the molecule is [Cu].c1cnc2c(c1)ccc1ccc3cccnc3c12.c1cnc2c(c1)ccc1ccc3cccnc3c12. The van der Waals surface area contributed by atoms with Crippen LogP contribution in [0.15, 0.2) is 122 Å². The molecule has 0 aliphatic heterocycles. The summed E-state index contributed by atoms with van der Waals surface area (Å²) < 4.78 is 0. The summed E-state index contributed by atoms with van der Waals surface area (Å²) in [6, 6.07) is 33.2. The predicted molar refractivity (Wildman–Crippen MR) is 149 cm³/mol. The molecule has 0 atom stereocenters. The zero-order valence-corrected chi connectivity index (χ0v) is 20.6. The van der Waals surface area contributed by atoms with Crippen LogP contribution >= 0.6 is 0 Å². The molecule has 0 saturated heterocycles. The van der Waals surface area contributed by atoms with E-state index >= 15 is 0 Å². The number of hydrogen-bond acceptors (Lipinski definition) is 4. The second kappa shape index (κ2) is 9.55. The van der Waals surface area contributed by atoms with Gasteiger partial charge in [-0.2, -0.15) is 0 Å². The third-order valence-electron chi connectivity index (χ3n) is 6.65. The maximum Gasteiger partial charge on any atom is 0.0802 e. The third-order valence-corrected chi connectivity index (χ3v) is 6.65. The van der Waals surface area contributed by atoms with Crippen LogP contribution in [0, 0.1) is 0 Å². The first-order chi connectivity index (χ1) is 17.9. The average molecular weight is 524 g/mol. The van der Waals surface area contributed by atoms with E-state index in [4.69, 9.17) is 0 Å². The van der Waals surface area contributed by atoms with Gasteiger partial charge in [0.15, 0.2) is 0 Å². The Morgan fingerprint density at radius 2 is 0.541 bits per heavy atom. The van der Waals surface area contributed by atoms with Gasteiger partial charge in [0, 0.05) is 74.2 Å². The minimum atomic E-state index is 0. The molecule has 4 heterocycles. The number of benzene rings is 4. The minimum Gasteiger partial charge on any atom is -0.256 e. The minimum absolute atomic E-state index is 0. The molecule has 5 heteroatoms. The molecule has 4 nitrogen and oxygen atoms in total. The maximum atomic E-state index is 4.52. The average Bonchev–Trinajstić information content (AvgIpc) is 2.96. The monoisotopic (exact) mass is 523 g/mol. The number of rotatable bonds is 0. The molecule has 1 radical (unpaired) electrons. The first-order valence-corrected chi connectivity index (χ1v) is 11.9. The zero-order valence-electron chi connectivity index (χ0n) is 19.6. The topological polar surface area (TPSA) is 51.6 Å². The quantitative estimate of drug-likeness (QED) is 0.150.